The van der Waals surface area contributed by atoms with Gasteiger partial charge in [0.15, 0.2) is 0 Å². The highest BCUT2D eigenvalue weighted by molar-refractivity contribution is 9.10. The topological polar surface area (TPSA) is 69.4 Å². The lowest BCUT2D eigenvalue weighted by Gasteiger charge is -2.07. The Balaban J connectivity index is 3.40. The molecule has 16 heavy (non-hydrogen) atoms. The Morgan fingerprint density at radius 1 is 1.56 bits per heavy atom. The Labute approximate surface area is 108 Å². The SMILES string of the molecule is COC(=O)c1c(Br)cc([N+](=O)[O-])cc1CBr. The van der Waals surface area contributed by atoms with Gasteiger partial charge in [0.2, 0.25) is 0 Å². The lowest BCUT2D eigenvalue weighted by molar-refractivity contribution is -0.385. The van der Waals surface area contributed by atoms with Crippen molar-refractivity contribution in [3.63, 3.8) is 0 Å². The highest BCUT2D eigenvalue weighted by Gasteiger charge is 2.20. The molecule has 0 aromatic heterocycles. The van der Waals surface area contributed by atoms with Crippen LogP contribution < -0.4 is 0 Å². The predicted octanol–water partition coefficient (Wildman–Crippen LogP) is 3.04. The molecular formula is C9H7Br2NO4. The van der Waals surface area contributed by atoms with E-state index < -0.39 is 10.9 Å². The summed E-state index contributed by atoms with van der Waals surface area (Å²) in [6.07, 6.45) is 0. The number of methoxy groups -OCH3 is 1. The van der Waals surface area contributed by atoms with Gasteiger partial charge in [-0.15, -0.1) is 0 Å². The van der Waals surface area contributed by atoms with E-state index in [0.717, 1.165) is 0 Å². The van der Waals surface area contributed by atoms with Gasteiger partial charge in [0, 0.05) is 21.9 Å². The van der Waals surface area contributed by atoms with E-state index in [1.54, 1.807) is 0 Å². The minimum Gasteiger partial charge on any atom is -0.465 e. The highest BCUT2D eigenvalue weighted by atomic mass is 79.9. The maximum Gasteiger partial charge on any atom is 0.339 e. The molecule has 1 rings (SSSR count). The first-order valence-corrected chi connectivity index (χ1v) is 6.03. The second-order valence-corrected chi connectivity index (χ2v) is 4.26. The van der Waals surface area contributed by atoms with Crippen molar-refractivity contribution >= 4 is 43.5 Å². The zero-order valence-corrected chi connectivity index (χ0v) is 11.4. The van der Waals surface area contributed by atoms with E-state index >= 15 is 0 Å². The molecule has 0 aliphatic rings. The van der Waals surface area contributed by atoms with Crippen LogP contribution in [-0.4, -0.2) is 18.0 Å². The first-order chi connectivity index (χ1) is 7.51. The summed E-state index contributed by atoms with van der Waals surface area (Å²) in [5.74, 6) is -0.531. The number of nitrogens with zero attached hydrogens (tertiary/aromatic N) is 1. The van der Waals surface area contributed by atoms with Crippen molar-refractivity contribution in [1.82, 2.24) is 0 Å². The molecule has 0 amide bonds. The number of halogens is 2. The van der Waals surface area contributed by atoms with Crippen LogP contribution in [0.25, 0.3) is 0 Å². The van der Waals surface area contributed by atoms with E-state index in [1.165, 1.54) is 19.2 Å². The number of carbonyl (C=O) groups excluding carboxylic acids is 1. The van der Waals surface area contributed by atoms with Crippen molar-refractivity contribution in [3.8, 4) is 0 Å². The van der Waals surface area contributed by atoms with Crippen LogP contribution in [0.1, 0.15) is 15.9 Å². The van der Waals surface area contributed by atoms with Gasteiger partial charge in [-0.05, 0) is 21.5 Å². The fourth-order valence-corrected chi connectivity index (χ4v) is 2.28. The summed E-state index contributed by atoms with van der Waals surface area (Å²) in [7, 11) is 1.26. The van der Waals surface area contributed by atoms with Gasteiger partial charge in [-0.1, -0.05) is 15.9 Å². The molecule has 5 nitrogen and oxygen atoms in total. The molecule has 0 bridgehead atoms. The van der Waals surface area contributed by atoms with Crippen molar-refractivity contribution in [2.45, 2.75) is 5.33 Å². The van der Waals surface area contributed by atoms with Crippen molar-refractivity contribution in [2.75, 3.05) is 7.11 Å². The number of carbonyl (C=O) groups is 1. The normalized spacial score (nSPS) is 9.94. The minimum atomic E-state index is -0.531. The number of nitro groups is 1. The van der Waals surface area contributed by atoms with Crippen LogP contribution >= 0.6 is 31.9 Å². The largest absolute Gasteiger partial charge is 0.465 e. The molecule has 0 saturated carbocycles. The van der Waals surface area contributed by atoms with Gasteiger partial charge in [0.25, 0.3) is 5.69 Å². The fraction of sp³-hybridized carbons (Fsp3) is 0.222. The Morgan fingerprint density at radius 3 is 2.62 bits per heavy atom. The molecule has 0 unspecified atom stereocenters. The number of ether oxygens (including phenoxy) is 1. The summed E-state index contributed by atoms with van der Waals surface area (Å²) >= 11 is 6.29. The van der Waals surface area contributed by atoms with Gasteiger partial charge in [0.1, 0.15) is 0 Å². The van der Waals surface area contributed by atoms with E-state index in [9.17, 15) is 14.9 Å². The Hall–Kier alpha value is -0.950. The molecule has 0 atom stereocenters. The average molecular weight is 353 g/mol. The second kappa shape index (κ2) is 5.40. The number of hydrogen-bond donors (Lipinski definition) is 0. The molecule has 7 heteroatoms. The van der Waals surface area contributed by atoms with Crippen molar-refractivity contribution in [2.24, 2.45) is 0 Å². The van der Waals surface area contributed by atoms with E-state index in [0.29, 0.717) is 20.9 Å². The first kappa shape index (κ1) is 13.1. The van der Waals surface area contributed by atoms with Crippen molar-refractivity contribution < 1.29 is 14.5 Å². The molecule has 86 valence electrons. The Morgan fingerprint density at radius 2 is 2.19 bits per heavy atom. The molecule has 0 heterocycles. The van der Waals surface area contributed by atoms with Crippen LogP contribution in [0.15, 0.2) is 16.6 Å². The van der Waals surface area contributed by atoms with Gasteiger partial charge in [0.05, 0.1) is 17.6 Å². The third kappa shape index (κ3) is 2.59. The number of rotatable bonds is 3. The van der Waals surface area contributed by atoms with E-state index in [2.05, 4.69) is 36.6 Å². The van der Waals surface area contributed by atoms with E-state index in [-0.39, 0.29) is 5.69 Å². The maximum atomic E-state index is 11.5. The number of nitro benzene ring substituents is 1. The Bertz CT molecular complexity index is 447. The van der Waals surface area contributed by atoms with Crippen LogP contribution in [0.5, 0.6) is 0 Å². The minimum absolute atomic E-state index is 0.0750. The standard InChI is InChI=1S/C9H7Br2NO4/c1-16-9(13)8-5(4-10)2-6(12(14)15)3-7(8)11/h2-3H,4H2,1H3. The summed E-state index contributed by atoms with van der Waals surface area (Å²) < 4.78 is 4.95. The number of non-ortho nitro benzene ring substituents is 1. The third-order valence-electron chi connectivity index (χ3n) is 1.90. The van der Waals surface area contributed by atoms with Crippen LogP contribution in [0, 0.1) is 10.1 Å². The maximum absolute atomic E-state index is 11.5. The molecule has 0 N–H and O–H groups in total. The molecule has 0 fully saturated rings. The highest BCUT2D eigenvalue weighted by Crippen LogP contribution is 2.29. The van der Waals surface area contributed by atoms with Gasteiger partial charge in [-0.3, -0.25) is 10.1 Å². The third-order valence-corrected chi connectivity index (χ3v) is 3.13. The van der Waals surface area contributed by atoms with Crippen molar-refractivity contribution in [1.29, 1.82) is 0 Å². The smallest absolute Gasteiger partial charge is 0.339 e. The summed E-state index contributed by atoms with van der Waals surface area (Å²) in [6.45, 7) is 0. The number of alkyl halides is 1. The Kier molecular flexibility index (Phi) is 4.43. The van der Waals surface area contributed by atoms with Gasteiger partial charge in [-0.2, -0.15) is 0 Å². The lowest BCUT2D eigenvalue weighted by atomic mass is 10.1. The van der Waals surface area contributed by atoms with Crippen molar-refractivity contribution in [3.05, 3.63) is 37.8 Å². The number of hydrogen-bond acceptors (Lipinski definition) is 4. The van der Waals surface area contributed by atoms with Gasteiger partial charge in [-0.25, -0.2) is 4.79 Å². The van der Waals surface area contributed by atoms with Gasteiger partial charge >= 0.3 is 5.97 Å². The summed E-state index contributed by atoms with van der Waals surface area (Å²) in [6, 6.07) is 2.62. The second-order valence-electron chi connectivity index (χ2n) is 2.84. The first-order valence-electron chi connectivity index (χ1n) is 4.12. The molecule has 0 saturated heterocycles. The lowest BCUT2D eigenvalue weighted by Crippen LogP contribution is -2.07. The molecule has 0 aliphatic carbocycles. The molecule has 0 radical (unpaired) electrons. The molecule has 0 spiro atoms. The molecular weight excluding hydrogens is 346 g/mol. The quantitative estimate of drug-likeness (QED) is 0.363. The van der Waals surface area contributed by atoms with Gasteiger partial charge < -0.3 is 4.74 Å². The van der Waals surface area contributed by atoms with E-state index in [4.69, 9.17) is 0 Å². The summed E-state index contributed by atoms with van der Waals surface area (Å²) in [4.78, 5) is 21.6. The monoisotopic (exact) mass is 351 g/mol. The zero-order chi connectivity index (χ0) is 12.3. The molecule has 0 aliphatic heterocycles. The fourth-order valence-electron chi connectivity index (χ4n) is 1.19. The van der Waals surface area contributed by atoms with Crippen LogP contribution in [0.4, 0.5) is 5.69 Å². The zero-order valence-electron chi connectivity index (χ0n) is 8.20. The molecule has 1 aromatic rings. The number of esters is 1. The number of benzene rings is 1. The molecule has 1 aromatic carbocycles. The summed E-state index contributed by atoms with van der Waals surface area (Å²) in [5, 5.41) is 11.0. The van der Waals surface area contributed by atoms with Crippen LogP contribution in [-0.2, 0) is 10.1 Å². The van der Waals surface area contributed by atoms with E-state index in [1.807, 2.05) is 0 Å². The summed E-state index contributed by atoms with van der Waals surface area (Å²) in [5.41, 5.74) is 0.729. The predicted molar refractivity (Wildman–Crippen MR) is 64.8 cm³/mol. The average Bonchev–Trinajstić information content (AvgIpc) is 2.26. The van der Waals surface area contributed by atoms with Crippen LogP contribution in [0.3, 0.4) is 0 Å². The van der Waals surface area contributed by atoms with Crippen LogP contribution in [0.2, 0.25) is 0 Å².